The molecule has 0 bridgehead atoms. The Balaban J connectivity index is 1.29. The highest BCUT2D eigenvalue weighted by Gasteiger charge is 2.35. The van der Waals surface area contributed by atoms with Gasteiger partial charge in [0.25, 0.3) is 6.43 Å². The molecule has 35 heavy (non-hydrogen) atoms. The van der Waals surface area contributed by atoms with Crippen LogP contribution in [0.15, 0.2) is 30.7 Å². The molecule has 4 aromatic rings. The summed E-state index contributed by atoms with van der Waals surface area (Å²) < 4.78 is 49.8. The lowest BCUT2D eigenvalue weighted by Gasteiger charge is -2.42. The third kappa shape index (κ3) is 3.84. The fourth-order valence-corrected chi connectivity index (χ4v) is 4.68. The predicted octanol–water partition coefficient (Wildman–Crippen LogP) is 2.64. The summed E-state index contributed by atoms with van der Waals surface area (Å²) in [5.74, 6) is 0.808. The van der Waals surface area contributed by atoms with Crippen LogP contribution in [0.3, 0.4) is 0 Å². The number of halogens is 3. The van der Waals surface area contributed by atoms with Crippen LogP contribution >= 0.6 is 0 Å². The molecule has 2 saturated heterocycles. The van der Waals surface area contributed by atoms with E-state index in [1.165, 1.54) is 4.52 Å². The van der Waals surface area contributed by atoms with E-state index in [1.54, 1.807) is 36.1 Å². The Morgan fingerprint density at radius 3 is 2.69 bits per heavy atom. The average molecular weight is 487 g/mol. The van der Waals surface area contributed by atoms with Crippen molar-refractivity contribution in [2.24, 2.45) is 0 Å². The Morgan fingerprint density at radius 1 is 1.14 bits per heavy atom. The smallest absolute Gasteiger partial charge is 0.269 e. The maximum absolute atomic E-state index is 14.9. The molecule has 10 nitrogen and oxygen atoms in total. The number of ether oxygens (including phenoxy) is 1. The molecular formula is C22H24F3N9O. The highest BCUT2D eigenvalue weighted by Crippen LogP contribution is 2.31. The molecule has 6 heterocycles. The van der Waals surface area contributed by atoms with E-state index in [-0.39, 0.29) is 11.2 Å². The van der Waals surface area contributed by atoms with Crippen LogP contribution in [-0.2, 0) is 4.74 Å². The summed E-state index contributed by atoms with van der Waals surface area (Å²) in [4.78, 5) is 11.1. The van der Waals surface area contributed by atoms with Crippen LogP contribution in [0.2, 0.25) is 0 Å². The third-order valence-corrected chi connectivity index (χ3v) is 6.68. The number of anilines is 2. The highest BCUT2D eigenvalue weighted by atomic mass is 19.3. The van der Waals surface area contributed by atoms with E-state index < -0.39 is 18.6 Å². The Hall–Kier alpha value is -3.45. The van der Waals surface area contributed by atoms with Crippen molar-refractivity contribution >= 4 is 22.9 Å². The first-order valence-electron chi connectivity index (χ1n) is 11.4. The molecule has 2 fully saturated rings. The maximum Gasteiger partial charge on any atom is 0.269 e. The minimum absolute atomic E-state index is 0.0934. The lowest BCUT2D eigenvalue weighted by molar-refractivity contribution is -0.0794. The average Bonchev–Trinajstić information content (AvgIpc) is 3.43. The lowest BCUT2D eigenvalue weighted by Crippen LogP contribution is -2.57. The summed E-state index contributed by atoms with van der Waals surface area (Å²) in [6, 6.07) is 3.40. The number of nitrogens with one attached hydrogen (secondary N) is 2. The van der Waals surface area contributed by atoms with Gasteiger partial charge in [-0.15, -0.1) is 5.10 Å². The van der Waals surface area contributed by atoms with Crippen LogP contribution in [0.5, 0.6) is 0 Å². The van der Waals surface area contributed by atoms with Gasteiger partial charge in [-0.1, -0.05) is 0 Å². The normalized spacial score (nSPS) is 21.6. The second-order valence-corrected chi connectivity index (χ2v) is 8.78. The van der Waals surface area contributed by atoms with Gasteiger partial charge in [0, 0.05) is 38.1 Å². The molecule has 4 aromatic heterocycles. The zero-order chi connectivity index (χ0) is 24.1. The first kappa shape index (κ1) is 22.0. The van der Waals surface area contributed by atoms with Gasteiger partial charge in [-0.25, -0.2) is 27.2 Å². The monoisotopic (exact) mass is 487 g/mol. The number of aromatic nitrogens is 6. The second-order valence-electron chi connectivity index (χ2n) is 8.78. The van der Waals surface area contributed by atoms with Crippen LogP contribution in [0.1, 0.15) is 18.4 Å². The molecule has 0 radical (unpaired) electrons. The molecule has 2 N–H and O–H groups in total. The number of rotatable bonds is 6. The van der Waals surface area contributed by atoms with Crippen molar-refractivity contribution in [3.8, 4) is 11.3 Å². The number of hydrogen-bond acceptors (Lipinski definition) is 8. The van der Waals surface area contributed by atoms with Crippen LogP contribution in [0.25, 0.3) is 22.4 Å². The summed E-state index contributed by atoms with van der Waals surface area (Å²) >= 11 is 0. The molecule has 184 valence electrons. The second kappa shape index (κ2) is 8.64. The van der Waals surface area contributed by atoms with Crippen molar-refractivity contribution in [2.45, 2.75) is 31.1 Å². The molecule has 2 aliphatic rings. The molecular weight excluding hydrogens is 463 g/mol. The lowest BCUT2D eigenvalue weighted by atomic mass is 10.0. The standard InChI is InChI=1S/C22H24F3N9O/c1-26-20-18-13(16-4-7-34-21(28-16)14(8-27-34)19(24)25)2-6-33(18)31-22(30-20)29-17-3-5-32(9-15(17)23)12-10-35-11-12/h2,4,6-8,12,15,17,19H,3,5,9-11H2,1H3,(H2,26,29,30,31). The minimum atomic E-state index is -2.68. The Morgan fingerprint density at radius 2 is 1.97 bits per heavy atom. The van der Waals surface area contributed by atoms with E-state index in [0.29, 0.717) is 60.8 Å². The number of nitrogens with zero attached hydrogens (tertiary/aromatic N) is 7. The van der Waals surface area contributed by atoms with Crippen LogP contribution < -0.4 is 10.6 Å². The zero-order valence-corrected chi connectivity index (χ0v) is 18.9. The summed E-state index contributed by atoms with van der Waals surface area (Å²) in [6.07, 6.45) is 1.34. The molecule has 2 unspecified atom stereocenters. The molecule has 0 spiro atoms. The number of hydrogen-bond donors (Lipinski definition) is 2. The van der Waals surface area contributed by atoms with E-state index in [4.69, 9.17) is 4.74 Å². The Kier molecular flexibility index (Phi) is 5.44. The topological polar surface area (TPSA) is 96.9 Å². The van der Waals surface area contributed by atoms with E-state index in [1.807, 2.05) is 0 Å². The molecule has 0 saturated carbocycles. The van der Waals surface area contributed by atoms with Crippen LogP contribution in [-0.4, -0.2) is 85.7 Å². The van der Waals surface area contributed by atoms with Crippen molar-refractivity contribution in [1.29, 1.82) is 0 Å². The minimum Gasteiger partial charge on any atom is -0.378 e. The van der Waals surface area contributed by atoms with Gasteiger partial charge in [0.2, 0.25) is 5.95 Å². The molecule has 13 heteroatoms. The van der Waals surface area contributed by atoms with E-state index >= 15 is 0 Å². The van der Waals surface area contributed by atoms with Gasteiger partial charge in [0.15, 0.2) is 11.5 Å². The van der Waals surface area contributed by atoms with Gasteiger partial charge >= 0.3 is 0 Å². The van der Waals surface area contributed by atoms with Crippen molar-refractivity contribution in [2.75, 3.05) is 44.0 Å². The van der Waals surface area contributed by atoms with Crippen molar-refractivity contribution in [3.05, 3.63) is 36.3 Å². The summed E-state index contributed by atoms with van der Waals surface area (Å²) in [6.45, 7) is 2.46. The van der Waals surface area contributed by atoms with Gasteiger partial charge in [-0.05, 0) is 18.6 Å². The third-order valence-electron chi connectivity index (χ3n) is 6.68. The van der Waals surface area contributed by atoms with E-state index in [2.05, 4.69) is 35.7 Å². The van der Waals surface area contributed by atoms with E-state index in [9.17, 15) is 13.2 Å². The largest absolute Gasteiger partial charge is 0.378 e. The number of piperidine rings is 1. The predicted molar refractivity (Wildman–Crippen MR) is 123 cm³/mol. The number of alkyl halides is 3. The van der Waals surface area contributed by atoms with Crippen molar-refractivity contribution < 1.29 is 17.9 Å². The quantitative estimate of drug-likeness (QED) is 0.429. The first-order valence-corrected chi connectivity index (χ1v) is 11.4. The van der Waals surface area contributed by atoms with Gasteiger partial charge in [-0.3, -0.25) is 4.90 Å². The van der Waals surface area contributed by atoms with Crippen LogP contribution in [0.4, 0.5) is 24.9 Å². The van der Waals surface area contributed by atoms with Gasteiger partial charge in [0.05, 0.1) is 42.8 Å². The van der Waals surface area contributed by atoms with Crippen molar-refractivity contribution in [3.63, 3.8) is 0 Å². The van der Waals surface area contributed by atoms with Gasteiger partial charge < -0.3 is 15.4 Å². The Bertz CT molecular complexity index is 1370. The van der Waals surface area contributed by atoms with Gasteiger partial charge in [0.1, 0.15) is 11.7 Å². The zero-order valence-electron chi connectivity index (χ0n) is 18.9. The SMILES string of the molecule is CNc1nc(NC2CCN(C3COC3)CC2F)nn2ccc(-c3ccn4ncc(C(F)F)c4n3)c12. The molecule has 0 aromatic carbocycles. The van der Waals surface area contributed by atoms with Crippen LogP contribution in [0, 0.1) is 0 Å². The fraction of sp³-hybridized carbons (Fsp3) is 0.455. The maximum atomic E-state index is 14.9. The van der Waals surface area contributed by atoms with E-state index in [0.717, 1.165) is 12.7 Å². The molecule has 6 rings (SSSR count). The Labute approximate surface area is 198 Å². The van der Waals surface area contributed by atoms with Gasteiger partial charge in [-0.2, -0.15) is 10.1 Å². The summed E-state index contributed by atoms with van der Waals surface area (Å²) in [5.41, 5.74) is 1.65. The number of fused-ring (bicyclic) bond motifs is 2. The summed E-state index contributed by atoms with van der Waals surface area (Å²) in [5, 5.41) is 14.7. The summed E-state index contributed by atoms with van der Waals surface area (Å²) in [7, 11) is 1.72. The number of likely N-dealkylation sites (tertiary alicyclic amines) is 1. The first-order chi connectivity index (χ1) is 17.0. The molecule has 2 atom stereocenters. The highest BCUT2D eigenvalue weighted by molar-refractivity contribution is 5.87. The molecule has 2 aliphatic heterocycles. The molecule has 0 aliphatic carbocycles. The molecule has 0 amide bonds. The fourth-order valence-electron chi connectivity index (χ4n) is 4.68. The van der Waals surface area contributed by atoms with Crippen molar-refractivity contribution in [1.82, 2.24) is 34.1 Å².